The summed E-state index contributed by atoms with van der Waals surface area (Å²) >= 11 is 1.47. The fourth-order valence-electron chi connectivity index (χ4n) is 3.13. The number of aromatic nitrogens is 1. The van der Waals surface area contributed by atoms with E-state index in [2.05, 4.69) is 15.6 Å². The van der Waals surface area contributed by atoms with Gasteiger partial charge in [-0.1, -0.05) is 25.0 Å². The SMILES string of the molecule is O=C(Nc1cccc(-c2nccs2)c1)N[C@@H]1CCCC[C@@H]1C(F)(F)F. The minimum atomic E-state index is -4.29. The number of amides is 2. The van der Waals surface area contributed by atoms with Crippen LogP contribution in [-0.2, 0) is 0 Å². The molecule has 1 aromatic heterocycles. The number of alkyl halides is 3. The summed E-state index contributed by atoms with van der Waals surface area (Å²) in [5, 5.41) is 7.78. The monoisotopic (exact) mass is 369 g/mol. The predicted molar refractivity (Wildman–Crippen MR) is 91.5 cm³/mol. The summed E-state index contributed by atoms with van der Waals surface area (Å²) in [6.45, 7) is 0. The van der Waals surface area contributed by atoms with Crippen LogP contribution in [0.15, 0.2) is 35.8 Å². The first kappa shape index (κ1) is 17.7. The topological polar surface area (TPSA) is 54.0 Å². The Labute approximate surface area is 147 Å². The molecule has 4 nitrogen and oxygen atoms in total. The fraction of sp³-hybridized carbons (Fsp3) is 0.412. The lowest BCUT2D eigenvalue weighted by Gasteiger charge is -2.33. The van der Waals surface area contributed by atoms with E-state index in [0.29, 0.717) is 24.9 Å². The van der Waals surface area contributed by atoms with Crippen LogP contribution in [0.1, 0.15) is 25.7 Å². The number of hydrogen-bond donors (Lipinski definition) is 2. The van der Waals surface area contributed by atoms with Crippen molar-refractivity contribution in [2.45, 2.75) is 37.9 Å². The molecule has 0 unspecified atom stereocenters. The molecule has 3 rings (SSSR count). The number of nitrogens with zero attached hydrogens (tertiary/aromatic N) is 1. The van der Waals surface area contributed by atoms with Crippen LogP contribution in [0.2, 0.25) is 0 Å². The zero-order valence-electron chi connectivity index (χ0n) is 13.3. The summed E-state index contributed by atoms with van der Waals surface area (Å²) < 4.78 is 39.3. The maximum Gasteiger partial charge on any atom is 0.393 e. The second kappa shape index (κ2) is 7.43. The molecule has 0 bridgehead atoms. The van der Waals surface area contributed by atoms with Gasteiger partial charge in [-0.3, -0.25) is 0 Å². The van der Waals surface area contributed by atoms with Crippen LogP contribution in [0.4, 0.5) is 23.7 Å². The van der Waals surface area contributed by atoms with Gasteiger partial charge in [0.1, 0.15) is 5.01 Å². The van der Waals surface area contributed by atoms with E-state index in [0.717, 1.165) is 10.6 Å². The van der Waals surface area contributed by atoms with Crippen LogP contribution in [0, 0.1) is 5.92 Å². The second-order valence-corrected chi connectivity index (χ2v) is 6.95. The third-order valence-electron chi connectivity index (χ3n) is 4.30. The van der Waals surface area contributed by atoms with Gasteiger partial charge in [0.05, 0.1) is 5.92 Å². The number of anilines is 1. The summed E-state index contributed by atoms with van der Waals surface area (Å²) in [4.78, 5) is 16.4. The molecule has 2 aromatic rings. The van der Waals surface area contributed by atoms with Crippen molar-refractivity contribution in [1.29, 1.82) is 0 Å². The molecule has 1 fully saturated rings. The molecule has 2 atom stereocenters. The second-order valence-electron chi connectivity index (χ2n) is 6.06. The van der Waals surface area contributed by atoms with Gasteiger partial charge in [-0.2, -0.15) is 13.2 Å². The van der Waals surface area contributed by atoms with Gasteiger partial charge in [-0.25, -0.2) is 9.78 Å². The van der Waals surface area contributed by atoms with Gasteiger partial charge in [-0.05, 0) is 25.0 Å². The van der Waals surface area contributed by atoms with Crippen LogP contribution in [0.5, 0.6) is 0 Å². The van der Waals surface area contributed by atoms with E-state index in [1.54, 1.807) is 24.4 Å². The first-order chi connectivity index (χ1) is 11.9. The Kier molecular flexibility index (Phi) is 5.27. The lowest BCUT2D eigenvalue weighted by atomic mass is 9.84. The minimum absolute atomic E-state index is 0.0635. The third-order valence-corrected chi connectivity index (χ3v) is 5.12. The summed E-state index contributed by atoms with van der Waals surface area (Å²) in [5.41, 5.74) is 1.36. The van der Waals surface area contributed by atoms with Gasteiger partial charge in [0.25, 0.3) is 0 Å². The average molecular weight is 369 g/mol. The van der Waals surface area contributed by atoms with E-state index in [-0.39, 0.29) is 6.42 Å². The van der Waals surface area contributed by atoms with Crippen molar-refractivity contribution < 1.29 is 18.0 Å². The number of nitrogens with one attached hydrogen (secondary N) is 2. The van der Waals surface area contributed by atoms with Crippen LogP contribution < -0.4 is 10.6 Å². The highest BCUT2D eigenvalue weighted by atomic mass is 32.1. The summed E-state index contributed by atoms with van der Waals surface area (Å²) in [5.74, 6) is -1.48. The number of thiazole rings is 1. The molecule has 0 saturated heterocycles. The maximum absolute atomic E-state index is 13.1. The summed E-state index contributed by atoms with van der Waals surface area (Å²) in [6, 6.07) is 5.58. The van der Waals surface area contributed by atoms with E-state index in [1.165, 1.54) is 11.3 Å². The lowest BCUT2D eigenvalue weighted by molar-refractivity contribution is -0.187. The summed E-state index contributed by atoms with van der Waals surface area (Å²) in [7, 11) is 0. The number of benzene rings is 1. The van der Waals surface area contributed by atoms with E-state index in [9.17, 15) is 18.0 Å². The van der Waals surface area contributed by atoms with Crippen LogP contribution in [0.25, 0.3) is 10.6 Å². The molecule has 1 aliphatic carbocycles. The molecular weight excluding hydrogens is 351 g/mol. The minimum Gasteiger partial charge on any atom is -0.335 e. The molecule has 1 heterocycles. The van der Waals surface area contributed by atoms with Gasteiger partial charge in [0.2, 0.25) is 0 Å². The Hall–Kier alpha value is -2.09. The van der Waals surface area contributed by atoms with Crippen molar-refractivity contribution in [3.05, 3.63) is 35.8 Å². The van der Waals surface area contributed by atoms with Crippen LogP contribution in [0.3, 0.4) is 0 Å². The number of rotatable bonds is 3. The quantitative estimate of drug-likeness (QED) is 0.795. The van der Waals surface area contributed by atoms with Crippen molar-refractivity contribution >= 4 is 23.1 Å². The van der Waals surface area contributed by atoms with Gasteiger partial charge >= 0.3 is 12.2 Å². The molecule has 1 saturated carbocycles. The smallest absolute Gasteiger partial charge is 0.335 e. The Balaban J connectivity index is 1.65. The molecule has 8 heteroatoms. The van der Waals surface area contributed by atoms with Crippen molar-refractivity contribution in [3.8, 4) is 10.6 Å². The normalized spacial score (nSPS) is 20.9. The highest BCUT2D eigenvalue weighted by molar-refractivity contribution is 7.13. The molecule has 0 radical (unpaired) electrons. The highest BCUT2D eigenvalue weighted by Gasteiger charge is 2.45. The van der Waals surface area contributed by atoms with Crippen molar-refractivity contribution in [2.24, 2.45) is 5.92 Å². The number of hydrogen-bond acceptors (Lipinski definition) is 3. The molecule has 1 aromatic carbocycles. The van der Waals surface area contributed by atoms with E-state index < -0.39 is 24.2 Å². The van der Waals surface area contributed by atoms with Crippen LogP contribution >= 0.6 is 11.3 Å². The van der Waals surface area contributed by atoms with Crippen molar-refractivity contribution in [3.63, 3.8) is 0 Å². The highest BCUT2D eigenvalue weighted by Crippen LogP contribution is 2.37. The molecule has 0 spiro atoms. The molecule has 25 heavy (non-hydrogen) atoms. The summed E-state index contributed by atoms with van der Waals surface area (Å²) in [6.07, 6.45) is -0.960. The molecule has 2 N–H and O–H groups in total. The first-order valence-electron chi connectivity index (χ1n) is 8.07. The van der Waals surface area contributed by atoms with E-state index >= 15 is 0 Å². The largest absolute Gasteiger partial charge is 0.393 e. The third kappa shape index (κ3) is 4.50. The Morgan fingerprint density at radius 3 is 2.76 bits per heavy atom. The molecular formula is C17H18F3N3OS. The number of carbonyl (C=O) groups is 1. The predicted octanol–water partition coefficient (Wildman–Crippen LogP) is 5.05. The number of urea groups is 1. The molecule has 0 aliphatic heterocycles. The maximum atomic E-state index is 13.1. The van der Waals surface area contributed by atoms with E-state index in [4.69, 9.17) is 0 Å². The van der Waals surface area contributed by atoms with Gasteiger partial charge in [-0.15, -0.1) is 11.3 Å². The van der Waals surface area contributed by atoms with E-state index in [1.807, 2.05) is 11.4 Å². The zero-order chi connectivity index (χ0) is 17.9. The molecule has 134 valence electrons. The lowest BCUT2D eigenvalue weighted by Crippen LogP contribution is -2.48. The Bertz CT molecular complexity index is 718. The molecule has 1 aliphatic rings. The fourth-order valence-corrected chi connectivity index (χ4v) is 3.76. The molecule has 2 amide bonds. The van der Waals surface area contributed by atoms with Crippen molar-refractivity contribution in [2.75, 3.05) is 5.32 Å². The Morgan fingerprint density at radius 1 is 1.24 bits per heavy atom. The van der Waals surface area contributed by atoms with Crippen LogP contribution in [-0.4, -0.2) is 23.2 Å². The average Bonchev–Trinajstić information content (AvgIpc) is 3.09. The van der Waals surface area contributed by atoms with Crippen molar-refractivity contribution in [1.82, 2.24) is 10.3 Å². The standard InChI is InChI=1S/C17H18F3N3OS/c18-17(19,20)13-6-1-2-7-14(13)23-16(24)22-12-5-3-4-11(10-12)15-21-8-9-25-15/h3-5,8-10,13-14H,1-2,6-7H2,(H2,22,23,24)/t13-,14+/m0/s1. The van der Waals surface area contributed by atoms with Gasteiger partial charge in [0.15, 0.2) is 0 Å². The Morgan fingerprint density at radius 2 is 2.04 bits per heavy atom. The number of carbonyl (C=O) groups excluding carboxylic acids is 1. The zero-order valence-corrected chi connectivity index (χ0v) is 14.2. The number of halogens is 3. The first-order valence-corrected chi connectivity index (χ1v) is 8.95. The van der Waals surface area contributed by atoms with Gasteiger partial charge in [0, 0.05) is 28.9 Å². The van der Waals surface area contributed by atoms with Gasteiger partial charge < -0.3 is 10.6 Å².